The Bertz CT molecular complexity index is 743. The van der Waals surface area contributed by atoms with E-state index in [-0.39, 0.29) is 11.3 Å². The first kappa shape index (κ1) is 15.9. The summed E-state index contributed by atoms with van der Waals surface area (Å²) in [4.78, 5) is 23.8. The smallest absolute Gasteiger partial charge is 0.290 e. The number of hydrazine groups is 1. The second-order valence-electron chi connectivity index (χ2n) is 4.64. The Morgan fingerprint density at radius 1 is 1.27 bits per heavy atom. The SMILES string of the molecule is CCCCNC(=S)NNC(=O)c1n[nH]c(=O)c2ccccc12. The molecule has 0 aliphatic heterocycles. The first-order valence-corrected chi connectivity index (χ1v) is 7.36. The number of fused-ring (bicyclic) bond motifs is 1. The number of amides is 1. The highest BCUT2D eigenvalue weighted by atomic mass is 32.1. The van der Waals surface area contributed by atoms with Gasteiger partial charge in [0.1, 0.15) is 0 Å². The number of aromatic amines is 1. The third-order valence-electron chi connectivity index (χ3n) is 3.02. The van der Waals surface area contributed by atoms with Crippen LogP contribution >= 0.6 is 12.2 Å². The summed E-state index contributed by atoms with van der Waals surface area (Å²) in [6.45, 7) is 2.81. The molecule has 116 valence electrons. The molecule has 0 bridgehead atoms. The summed E-state index contributed by atoms with van der Waals surface area (Å²) in [7, 11) is 0. The number of unbranched alkanes of at least 4 members (excludes halogenated alkanes) is 1. The van der Waals surface area contributed by atoms with Crippen molar-refractivity contribution in [2.24, 2.45) is 0 Å². The molecule has 4 N–H and O–H groups in total. The van der Waals surface area contributed by atoms with Crippen molar-refractivity contribution in [3.63, 3.8) is 0 Å². The zero-order valence-electron chi connectivity index (χ0n) is 12.1. The molecule has 7 nitrogen and oxygen atoms in total. The van der Waals surface area contributed by atoms with Gasteiger partial charge < -0.3 is 5.32 Å². The topological polar surface area (TPSA) is 98.9 Å². The van der Waals surface area contributed by atoms with Crippen LogP contribution in [-0.4, -0.2) is 27.8 Å². The van der Waals surface area contributed by atoms with Crippen LogP contribution in [0.3, 0.4) is 0 Å². The summed E-state index contributed by atoms with van der Waals surface area (Å²) in [6.07, 6.45) is 2.04. The van der Waals surface area contributed by atoms with Gasteiger partial charge in [-0.05, 0) is 24.7 Å². The second-order valence-corrected chi connectivity index (χ2v) is 5.04. The fourth-order valence-corrected chi connectivity index (χ4v) is 2.04. The first-order chi connectivity index (χ1) is 10.6. The third-order valence-corrected chi connectivity index (χ3v) is 3.26. The molecular weight excluding hydrogens is 302 g/mol. The van der Waals surface area contributed by atoms with E-state index in [0.717, 1.165) is 19.4 Å². The van der Waals surface area contributed by atoms with Crippen LogP contribution in [-0.2, 0) is 0 Å². The molecule has 1 heterocycles. The summed E-state index contributed by atoms with van der Waals surface area (Å²) in [5, 5.41) is 10.3. The molecule has 0 saturated heterocycles. The predicted octanol–water partition coefficient (Wildman–Crippen LogP) is 0.832. The molecule has 2 aromatic rings. The Balaban J connectivity index is 2.06. The number of carbonyl (C=O) groups excluding carboxylic acids is 1. The van der Waals surface area contributed by atoms with Gasteiger partial charge in [0.15, 0.2) is 10.8 Å². The quantitative estimate of drug-likeness (QED) is 0.378. The van der Waals surface area contributed by atoms with Crippen LogP contribution < -0.4 is 21.7 Å². The van der Waals surface area contributed by atoms with Gasteiger partial charge in [0.05, 0.1) is 5.39 Å². The Labute approximate surface area is 132 Å². The molecule has 8 heteroatoms. The van der Waals surface area contributed by atoms with Gasteiger partial charge in [-0.3, -0.25) is 20.4 Å². The van der Waals surface area contributed by atoms with Gasteiger partial charge in [-0.2, -0.15) is 5.10 Å². The van der Waals surface area contributed by atoms with Crippen molar-refractivity contribution in [3.05, 3.63) is 40.3 Å². The van der Waals surface area contributed by atoms with Crippen molar-refractivity contribution < 1.29 is 4.79 Å². The third kappa shape index (κ3) is 3.79. The first-order valence-electron chi connectivity index (χ1n) is 6.95. The monoisotopic (exact) mass is 319 g/mol. The van der Waals surface area contributed by atoms with E-state index in [1.54, 1.807) is 24.3 Å². The van der Waals surface area contributed by atoms with Crippen molar-refractivity contribution in [2.45, 2.75) is 19.8 Å². The largest absolute Gasteiger partial charge is 0.361 e. The van der Waals surface area contributed by atoms with E-state index in [0.29, 0.717) is 15.9 Å². The molecule has 0 atom stereocenters. The average molecular weight is 319 g/mol. The number of benzene rings is 1. The van der Waals surface area contributed by atoms with E-state index < -0.39 is 5.91 Å². The fraction of sp³-hybridized carbons (Fsp3) is 0.286. The predicted molar refractivity (Wildman–Crippen MR) is 88.5 cm³/mol. The lowest BCUT2D eigenvalue weighted by Crippen LogP contribution is -2.47. The van der Waals surface area contributed by atoms with E-state index in [4.69, 9.17) is 12.2 Å². The number of carbonyl (C=O) groups is 1. The van der Waals surface area contributed by atoms with Crippen molar-refractivity contribution in [1.29, 1.82) is 0 Å². The van der Waals surface area contributed by atoms with Crippen molar-refractivity contribution in [1.82, 2.24) is 26.4 Å². The molecule has 1 aromatic carbocycles. The lowest BCUT2D eigenvalue weighted by Gasteiger charge is -2.11. The second kappa shape index (κ2) is 7.51. The summed E-state index contributed by atoms with van der Waals surface area (Å²) in [5.41, 5.74) is 4.86. The fourth-order valence-electron chi connectivity index (χ4n) is 1.88. The zero-order chi connectivity index (χ0) is 15.9. The highest BCUT2D eigenvalue weighted by Gasteiger charge is 2.13. The normalized spacial score (nSPS) is 10.2. The molecule has 0 fully saturated rings. The molecule has 2 rings (SSSR count). The van der Waals surface area contributed by atoms with E-state index in [9.17, 15) is 9.59 Å². The molecule has 0 radical (unpaired) electrons. The number of hydrogen-bond donors (Lipinski definition) is 4. The highest BCUT2D eigenvalue weighted by Crippen LogP contribution is 2.11. The van der Waals surface area contributed by atoms with Crippen LogP contribution in [0.5, 0.6) is 0 Å². The summed E-state index contributed by atoms with van der Waals surface area (Å²) < 4.78 is 0. The van der Waals surface area contributed by atoms with E-state index >= 15 is 0 Å². The zero-order valence-corrected chi connectivity index (χ0v) is 12.9. The van der Waals surface area contributed by atoms with Gasteiger partial charge in [0.2, 0.25) is 0 Å². The Morgan fingerprint density at radius 3 is 2.73 bits per heavy atom. The van der Waals surface area contributed by atoms with E-state index in [2.05, 4.69) is 33.3 Å². The Kier molecular flexibility index (Phi) is 5.42. The number of nitrogens with zero attached hydrogens (tertiary/aromatic N) is 1. The molecular formula is C14H17N5O2S. The number of thiocarbonyl (C=S) groups is 1. The average Bonchev–Trinajstić information content (AvgIpc) is 2.53. The van der Waals surface area contributed by atoms with Gasteiger partial charge in [-0.15, -0.1) is 0 Å². The van der Waals surface area contributed by atoms with Crippen LogP contribution in [0.1, 0.15) is 30.3 Å². The lowest BCUT2D eigenvalue weighted by molar-refractivity contribution is 0.0939. The number of nitrogens with one attached hydrogen (secondary N) is 4. The molecule has 1 amide bonds. The van der Waals surface area contributed by atoms with Crippen molar-refractivity contribution in [2.75, 3.05) is 6.54 Å². The maximum Gasteiger partial charge on any atom is 0.290 e. The molecule has 0 saturated carbocycles. The maximum atomic E-state index is 12.2. The molecule has 0 spiro atoms. The van der Waals surface area contributed by atoms with Crippen LogP contribution in [0.15, 0.2) is 29.1 Å². The minimum absolute atomic E-state index is 0.124. The van der Waals surface area contributed by atoms with Crippen LogP contribution in [0.2, 0.25) is 0 Å². The number of aromatic nitrogens is 2. The van der Waals surface area contributed by atoms with Crippen molar-refractivity contribution >= 4 is 34.0 Å². The highest BCUT2D eigenvalue weighted by molar-refractivity contribution is 7.80. The van der Waals surface area contributed by atoms with Crippen LogP contribution in [0.4, 0.5) is 0 Å². The number of hydrogen-bond acceptors (Lipinski definition) is 4. The summed E-state index contributed by atoms with van der Waals surface area (Å²) >= 11 is 5.04. The van der Waals surface area contributed by atoms with Crippen molar-refractivity contribution in [3.8, 4) is 0 Å². The van der Waals surface area contributed by atoms with Crippen LogP contribution in [0.25, 0.3) is 10.8 Å². The van der Waals surface area contributed by atoms with Gasteiger partial charge in [0.25, 0.3) is 11.5 Å². The standard InChI is InChI=1S/C14H17N5O2S/c1-2-3-8-15-14(22)19-18-13(21)11-9-6-4-5-7-10(9)12(20)17-16-11/h4-7H,2-3,8H2,1H3,(H,17,20)(H,18,21)(H2,15,19,22). The summed E-state index contributed by atoms with van der Waals surface area (Å²) in [5.74, 6) is -0.480. The van der Waals surface area contributed by atoms with Gasteiger partial charge in [0, 0.05) is 11.9 Å². The molecule has 0 aliphatic rings. The summed E-state index contributed by atoms with van der Waals surface area (Å²) in [6, 6.07) is 6.77. The van der Waals surface area contributed by atoms with E-state index in [1.807, 2.05) is 0 Å². The van der Waals surface area contributed by atoms with Gasteiger partial charge >= 0.3 is 0 Å². The number of H-pyrrole nitrogens is 1. The van der Waals surface area contributed by atoms with E-state index in [1.165, 1.54) is 0 Å². The molecule has 0 unspecified atom stereocenters. The maximum absolute atomic E-state index is 12.2. The molecule has 0 aliphatic carbocycles. The molecule has 1 aromatic heterocycles. The minimum atomic E-state index is -0.480. The Morgan fingerprint density at radius 2 is 2.00 bits per heavy atom. The Hall–Kier alpha value is -2.48. The van der Waals surface area contributed by atoms with Gasteiger partial charge in [-0.1, -0.05) is 31.5 Å². The lowest BCUT2D eigenvalue weighted by atomic mass is 10.1. The minimum Gasteiger partial charge on any atom is -0.361 e. The van der Waals surface area contributed by atoms with Crippen LogP contribution in [0, 0.1) is 0 Å². The van der Waals surface area contributed by atoms with Gasteiger partial charge in [-0.25, -0.2) is 5.10 Å². The number of rotatable bonds is 4. The molecule has 22 heavy (non-hydrogen) atoms.